The topological polar surface area (TPSA) is 66.1 Å². The van der Waals surface area contributed by atoms with Crippen molar-refractivity contribution in [2.75, 3.05) is 0 Å². The molecule has 0 N–H and O–H groups in total. The highest BCUT2D eigenvalue weighted by Crippen LogP contribution is 2.40. The van der Waals surface area contributed by atoms with Crippen LogP contribution >= 0.6 is 0 Å². The van der Waals surface area contributed by atoms with Gasteiger partial charge in [-0.2, -0.15) is 9.97 Å². The van der Waals surface area contributed by atoms with Crippen LogP contribution in [0.3, 0.4) is 0 Å². The Morgan fingerprint density at radius 1 is 0.375 bits per heavy atom. The SMILES string of the molecule is c1ccc(-c2nc(-c3ccccc3)nc(-n3c4ccccc4oc4cc5c(ccc6c5n(-c5ccccc5)c5cccc7c8ccccc8n6c75)cc43)n2)cc1. The molecular weight excluding hydrogens is 689 g/mol. The summed E-state index contributed by atoms with van der Waals surface area (Å²) in [6, 6.07) is 63.1. The highest BCUT2D eigenvalue weighted by molar-refractivity contribution is 6.19. The minimum absolute atomic E-state index is 0.507. The summed E-state index contributed by atoms with van der Waals surface area (Å²) in [4.78, 5) is 15.3. The largest absolute Gasteiger partial charge is 0.453 e. The molecule has 56 heavy (non-hydrogen) atoms. The molecule has 0 spiro atoms. The lowest BCUT2D eigenvalue weighted by Gasteiger charge is -2.20. The van der Waals surface area contributed by atoms with Crippen molar-refractivity contribution in [2.45, 2.75) is 0 Å². The number of fused-ring (bicyclic) bond motifs is 9. The van der Waals surface area contributed by atoms with Crippen molar-refractivity contribution in [3.63, 3.8) is 0 Å². The summed E-state index contributed by atoms with van der Waals surface area (Å²) < 4.78 is 13.8. The molecule has 0 aliphatic rings. The molecule has 7 heteroatoms. The Labute approximate surface area is 319 Å². The van der Waals surface area contributed by atoms with Crippen LogP contribution in [0.5, 0.6) is 0 Å². The summed E-state index contributed by atoms with van der Waals surface area (Å²) in [5.74, 6) is 1.70. The fourth-order valence-corrected chi connectivity index (χ4v) is 8.47. The maximum Gasteiger partial charge on any atom is 0.239 e. The molecule has 262 valence electrons. The summed E-state index contributed by atoms with van der Waals surface area (Å²) in [5.41, 5.74) is 11.7. The molecule has 0 radical (unpaired) electrons. The highest BCUT2D eigenvalue weighted by atomic mass is 16.3. The third kappa shape index (κ3) is 4.48. The van der Waals surface area contributed by atoms with Gasteiger partial charge < -0.3 is 13.4 Å². The number of para-hydroxylation sites is 5. The Balaban J connectivity index is 1.23. The van der Waals surface area contributed by atoms with Crippen LogP contribution in [0.15, 0.2) is 186 Å². The van der Waals surface area contributed by atoms with Gasteiger partial charge in [0.25, 0.3) is 0 Å². The number of hydrogen-bond donors (Lipinski definition) is 0. The second kappa shape index (κ2) is 11.9. The van der Waals surface area contributed by atoms with Crippen molar-refractivity contribution in [3.05, 3.63) is 182 Å². The Morgan fingerprint density at radius 3 is 1.75 bits per heavy atom. The van der Waals surface area contributed by atoms with E-state index in [4.69, 9.17) is 19.4 Å². The fraction of sp³-hybridized carbons (Fsp3) is 0. The van der Waals surface area contributed by atoms with Crippen molar-refractivity contribution in [1.29, 1.82) is 0 Å². The minimum atomic E-state index is 0.507. The monoisotopic (exact) mass is 718 g/mol. The number of rotatable bonds is 4. The predicted molar refractivity (Wildman–Crippen MR) is 226 cm³/mol. The van der Waals surface area contributed by atoms with E-state index in [1.807, 2.05) is 78.9 Å². The maximum atomic E-state index is 6.84. The molecule has 0 saturated heterocycles. The Kier molecular flexibility index (Phi) is 6.50. The third-order valence-electron chi connectivity index (χ3n) is 10.9. The van der Waals surface area contributed by atoms with Gasteiger partial charge in [0.1, 0.15) is 0 Å². The lowest BCUT2D eigenvalue weighted by atomic mass is 10.1. The quantitative estimate of drug-likeness (QED) is 0.134. The molecule has 0 amide bonds. The van der Waals surface area contributed by atoms with Gasteiger partial charge in [-0.25, -0.2) is 4.98 Å². The molecule has 4 aromatic heterocycles. The van der Waals surface area contributed by atoms with E-state index in [0.717, 1.165) is 60.8 Å². The summed E-state index contributed by atoms with van der Waals surface area (Å²) in [7, 11) is 0. The smallest absolute Gasteiger partial charge is 0.239 e. The molecular formula is C49H30N6O. The second-order valence-corrected chi connectivity index (χ2v) is 14.1. The molecule has 0 unspecified atom stereocenters. The van der Waals surface area contributed by atoms with Crippen molar-refractivity contribution < 1.29 is 4.42 Å². The molecule has 12 rings (SSSR count). The maximum absolute atomic E-state index is 6.84. The van der Waals surface area contributed by atoms with Crippen molar-refractivity contribution in [2.24, 2.45) is 0 Å². The van der Waals surface area contributed by atoms with Crippen LogP contribution in [-0.4, -0.2) is 28.5 Å². The number of hydrogen-bond acceptors (Lipinski definition) is 4. The molecule has 0 bridgehead atoms. The van der Waals surface area contributed by atoms with Gasteiger partial charge in [0, 0.05) is 33.0 Å². The first-order valence-corrected chi connectivity index (χ1v) is 18.7. The zero-order valence-corrected chi connectivity index (χ0v) is 29.9. The van der Waals surface area contributed by atoms with Crippen LogP contribution in [0.2, 0.25) is 0 Å². The normalized spacial score (nSPS) is 11.9. The lowest BCUT2D eigenvalue weighted by Crippen LogP contribution is -2.09. The predicted octanol–water partition coefficient (Wildman–Crippen LogP) is 12.1. The van der Waals surface area contributed by atoms with Crippen molar-refractivity contribution >= 4 is 71.3 Å². The van der Waals surface area contributed by atoms with Gasteiger partial charge in [-0.3, -0.25) is 4.57 Å². The van der Waals surface area contributed by atoms with Gasteiger partial charge in [-0.1, -0.05) is 127 Å². The van der Waals surface area contributed by atoms with Crippen LogP contribution < -0.4 is 0 Å². The molecule has 0 fully saturated rings. The number of aromatic nitrogens is 6. The van der Waals surface area contributed by atoms with E-state index in [2.05, 4.69) is 117 Å². The average molecular weight is 719 g/mol. The van der Waals surface area contributed by atoms with E-state index in [1.54, 1.807) is 0 Å². The van der Waals surface area contributed by atoms with E-state index in [1.165, 1.54) is 21.8 Å². The average Bonchev–Trinajstić information content (AvgIpc) is 3.61. The van der Waals surface area contributed by atoms with Gasteiger partial charge in [-0.15, -0.1) is 0 Å². The van der Waals surface area contributed by atoms with Gasteiger partial charge in [0.05, 0.1) is 38.6 Å². The molecule has 4 heterocycles. The first kappa shape index (κ1) is 30.7. The molecule has 0 saturated carbocycles. The molecule has 7 nitrogen and oxygen atoms in total. The third-order valence-corrected chi connectivity index (χ3v) is 10.9. The first-order valence-electron chi connectivity index (χ1n) is 18.7. The molecule has 0 aliphatic heterocycles. The van der Waals surface area contributed by atoms with Gasteiger partial charge in [0.2, 0.25) is 5.95 Å². The zero-order valence-electron chi connectivity index (χ0n) is 29.9. The van der Waals surface area contributed by atoms with Crippen molar-refractivity contribution in [1.82, 2.24) is 28.5 Å². The number of benzene rings is 8. The van der Waals surface area contributed by atoms with E-state index in [9.17, 15) is 0 Å². The molecule has 0 aliphatic carbocycles. The van der Waals surface area contributed by atoms with Crippen LogP contribution in [0.25, 0.3) is 106 Å². The fourth-order valence-electron chi connectivity index (χ4n) is 8.47. The first-order chi connectivity index (χ1) is 27.8. The zero-order chi connectivity index (χ0) is 36.7. The minimum Gasteiger partial charge on any atom is -0.453 e. The second-order valence-electron chi connectivity index (χ2n) is 14.1. The van der Waals surface area contributed by atoms with Gasteiger partial charge in [-0.05, 0) is 60.0 Å². The Hall–Kier alpha value is -7.77. The van der Waals surface area contributed by atoms with Crippen molar-refractivity contribution in [3.8, 4) is 34.4 Å². The van der Waals surface area contributed by atoms with E-state index in [0.29, 0.717) is 23.2 Å². The Morgan fingerprint density at radius 2 is 1.00 bits per heavy atom. The summed E-state index contributed by atoms with van der Waals surface area (Å²) in [6.45, 7) is 0. The van der Waals surface area contributed by atoms with Crippen LogP contribution in [0.1, 0.15) is 0 Å². The molecule has 8 aromatic carbocycles. The molecule has 0 atom stereocenters. The van der Waals surface area contributed by atoms with Crippen LogP contribution in [0, 0.1) is 0 Å². The highest BCUT2D eigenvalue weighted by Gasteiger charge is 2.22. The Bertz CT molecular complexity index is 3460. The van der Waals surface area contributed by atoms with Crippen LogP contribution in [-0.2, 0) is 0 Å². The summed E-state index contributed by atoms with van der Waals surface area (Å²) in [5, 5.41) is 4.58. The summed E-state index contributed by atoms with van der Waals surface area (Å²) in [6.07, 6.45) is 0. The standard InChI is InChI=1S/C49H30N6O/c1-4-15-31(16-5-1)47-50-48(32-17-6-2-7-18-32)52-49(51-47)55-39-24-12-13-26-43(39)56-44-30-37-33(29-42(44)55)27-28-41-46(37)53(34-19-8-3-9-20-34)40-25-14-22-36-35-21-10-11-23-38(35)54(41)45(36)40/h1-30H. The molecule has 12 aromatic rings. The van der Waals surface area contributed by atoms with E-state index < -0.39 is 0 Å². The summed E-state index contributed by atoms with van der Waals surface area (Å²) >= 11 is 0. The van der Waals surface area contributed by atoms with Crippen LogP contribution in [0.4, 0.5) is 0 Å². The van der Waals surface area contributed by atoms with E-state index in [-0.39, 0.29) is 0 Å². The van der Waals surface area contributed by atoms with Gasteiger partial charge in [0.15, 0.2) is 22.8 Å². The lowest BCUT2D eigenvalue weighted by molar-refractivity contribution is 0.652. The van der Waals surface area contributed by atoms with E-state index >= 15 is 0 Å². The van der Waals surface area contributed by atoms with Gasteiger partial charge >= 0.3 is 0 Å². The number of nitrogens with zero attached hydrogens (tertiary/aromatic N) is 6.